The number of aromatic amines is 1. The van der Waals surface area contributed by atoms with Crippen LogP contribution in [0.2, 0.25) is 0 Å². The van der Waals surface area contributed by atoms with E-state index in [2.05, 4.69) is 16.5 Å². The van der Waals surface area contributed by atoms with Crippen molar-refractivity contribution in [1.29, 1.82) is 0 Å². The van der Waals surface area contributed by atoms with Gasteiger partial charge in [0, 0.05) is 12.7 Å². The van der Waals surface area contributed by atoms with E-state index >= 15 is 0 Å². The molecule has 0 amide bonds. The third-order valence-electron chi connectivity index (χ3n) is 3.84. The summed E-state index contributed by atoms with van der Waals surface area (Å²) in [6.45, 7) is 3.02. The summed E-state index contributed by atoms with van der Waals surface area (Å²) < 4.78 is 14.0. The molecule has 1 aliphatic heterocycles. The zero-order chi connectivity index (χ0) is 13.4. The molecule has 2 heterocycles. The molecule has 102 valence electrons. The minimum Gasteiger partial charge on any atom is -0.497 e. The van der Waals surface area contributed by atoms with Crippen LogP contribution in [0.5, 0.6) is 5.75 Å². The zero-order valence-electron chi connectivity index (χ0n) is 11.2. The van der Waals surface area contributed by atoms with Crippen molar-refractivity contribution in [3.63, 3.8) is 0 Å². The van der Waals surface area contributed by atoms with E-state index in [0.717, 1.165) is 41.0 Å². The monoisotopic (exact) mass is 278 g/mol. The van der Waals surface area contributed by atoms with Crippen LogP contribution in [-0.4, -0.2) is 29.4 Å². The molecular weight excluding hydrogens is 260 g/mol. The number of aromatic nitrogens is 2. The molecule has 0 spiro atoms. The quantitative estimate of drug-likeness (QED) is 0.874. The van der Waals surface area contributed by atoms with Gasteiger partial charge in [0.2, 0.25) is 0 Å². The van der Waals surface area contributed by atoms with Gasteiger partial charge in [0.15, 0.2) is 4.77 Å². The van der Waals surface area contributed by atoms with Crippen molar-refractivity contribution in [2.45, 2.75) is 31.9 Å². The number of H-pyrrole nitrogens is 1. The number of rotatable bonds is 3. The van der Waals surface area contributed by atoms with Crippen molar-refractivity contribution in [3.8, 4) is 5.75 Å². The molecule has 19 heavy (non-hydrogen) atoms. The molecule has 3 rings (SSSR count). The van der Waals surface area contributed by atoms with E-state index in [1.807, 2.05) is 18.2 Å². The van der Waals surface area contributed by atoms with Crippen LogP contribution >= 0.6 is 12.2 Å². The highest BCUT2D eigenvalue weighted by Gasteiger charge is 2.25. The van der Waals surface area contributed by atoms with Gasteiger partial charge in [0.05, 0.1) is 30.3 Å². The number of fused-ring (bicyclic) bond motifs is 1. The van der Waals surface area contributed by atoms with Crippen molar-refractivity contribution in [3.05, 3.63) is 23.0 Å². The van der Waals surface area contributed by atoms with Crippen molar-refractivity contribution in [2.24, 2.45) is 0 Å². The molecule has 0 radical (unpaired) electrons. The molecule has 4 nitrogen and oxygen atoms in total. The van der Waals surface area contributed by atoms with Crippen molar-refractivity contribution >= 4 is 23.3 Å². The summed E-state index contributed by atoms with van der Waals surface area (Å²) in [5.74, 6) is 0.842. The largest absolute Gasteiger partial charge is 0.497 e. The summed E-state index contributed by atoms with van der Waals surface area (Å²) in [5.41, 5.74) is 2.11. The Bertz CT molecular complexity index is 640. The lowest BCUT2D eigenvalue weighted by molar-refractivity contribution is 0.0741. The van der Waals surface area contributed by atoms with E-state index < -0.39 is 0 Å². The van der Waals surface area contributed by atoms with Gasteiger partial charge >= 0.3 is 0 Å². The fourth-order valence-corrected chi connectivity index (χ4v) is 3.16. The van der Waals surface area contributed by atoms with Crippen molar-refractivity contribution in [2.75, 3.05) is 13.7 Å². The van der Waals surface area contributed by atoms with Crippen molar-refractivity contribution < 1.29 is 9.47 Å². The summed E-state index contributed by atoms with van der Waals surface area (Å²) >= 11 is 5.46. The molecule has 2 aromatic rings. The van der Waals surface area contributed by atoms with Gasteiger partial charge in [-0.2, -0.15) is 0 Å². The summed E-state index contributed by atoms with van der Waals surface area (Å²) in [5, 5.41) is 0. The highest BCUT2D eigenvalue weighted by atomic mass is 32.1. The van der Waals surface area contributed by atoms with E-state index in [9.17, 15) is 0 Å². The third kappa shape index (κ3) is 2.17. The first-order valence-corrected chi connectivity index (χ1v) is 7.01. The Hall–Kier alpha value is -1.33. The van der Waals surface area contributed by atoms with E-state index in [0.29, 0.717) is 0 Å². The average molecular weight is 278 g/mol. The van der Waals surface area contributed by atoms with Crippen LogP contribution in [0.1, 0.15) is 25.8 Å². The second kappa shape index (κ2) is 4.98. The lowest BCUT2D eigenvalue weighted by Crippen LogP contribution is -2.20. The molecule has 1 aromatic carbocycles. The maximum Gasteiger partial charge on any atom is 0.178 e. The van der Waals surface area contributed by atoms with Gasteiger partial charge in [-0.05, 0) is 44.1 Å². The van der Waals surface area contributed by atoms with Gasteiger partial charge in [-0.25, -0.2) is 0 Å². The van der Waals surface area contributed by atoms with Gasteiger partial charge in [-0.1, -0.05) is 0 Å². The van der Waals surface area contributed by atoms with Crippen LogP contribution in [0.25, 0.3) is 11.0 Å². The number of ether oxygens (including phenoxy) is 2. The predicted octanol–water partition coefficient (Wildman–Crippen LogP) is 3.45. The highest BCUT2D eigenvalue weighted by Crippen LogP contribution is 2.29. The number of nitrogens with zero attached hydrogens (tertiary/aromatic N) is 1. The van der Waals surface area contributed by atoms with Gasteiger partial charge in [-0.15, -0.1) is 0 Å². The zero-order valence-corrected chi connectivity index (χ0v) is 12.0. The molecular formula is C14H18N2O2S. The minimum atomic E-state index is 0.232. The molecule has 1 aromatic heterocycles. The summed E-state index contributed by atoms with van der Waals surface area (Å²) in [6, 6.07) is 6.20. The van der Waals surface area contributed by atoms with Gasteiger partial charge in [-0.3, -0.25) is 0 Å². The standard InChI is InChI=1S/C14H18N2O2S/c1-9(13-4-3-7-18-13)16-12-8-10(17-2)5-6-11(12)15-14(16)19/h5-6,8-9,13H,3-4,7H2,1-2H3,(H,15,19). The Morgan fingerprint density at radius 2 is 2.37 bits per heavy atom. The third-order valence-corrected chi connectivity index (χ3v) is 4.13. The van der Waals surface area contributed by atoms with Crippen LogP contribution in [0.4, 0.5) is 0 Å². The normalized spacial score (nSPS) is 20.8. The lowest BCUT2D eigenvalue weighted by atomic mass is 10.1. The average Bonchev–Trinajstić information content (AvgIpc) is 3.03. The number of nitrogens with one attached hydrogen (secondary N) is 1. The fourth-order valence-electron chi connectivity index (χ4n) is 2.78. The molecule has 1 saturated heterocycles. The van der Waals surface area contributed by atoms with Crippen LogP contribution in [-0.2, 0) is 4.74 Å². The van der Waals surface area contributed by atoms with E-state index in [-0.39, 0.29) is 12.1 Å². The van der Waals surface area contributed by atoms with Gasteiger partial charge < -0.3 is 19.0 Å². The Morgan fingerprint density at radius 1 is 1.53 bits per heavy atom. The number of hydrogen-bond donors (Lipinski definition) is 1. The summed E-state index contributed by atoms with van der Waals surface area (Å²) in [4.78, 5) is 3.25. The number of methoxy groups -OCH3 is 1. The maximum absolute atomic E-state index is 5.79. The molecule has 0 bridgehead atoms. The Balaban J connectivity index is 2.10. The molecule has 5 heteroatoms. The van der Waals surface area contributed by atoms with Crippen LogP contribution in [0, 0.1) is 4.77 Å². The van der Waals surface area contributed by atoms with E-state index in [4.69, 9.17) is 21.7 Å². The molecule has 1 aliphatic rings. The predicted molar refractivity (Wildman–Crippen MR) is 77.4 cm³/mol. The first-order chi connectivity index (χ1) is 9.20. The first-order valence-electron chi connectivity index (χ1n) is 6.60. The molecule has 1 fully saturated rings. The second-order valence-corrected chi connectivity index (χ2v) is 5.36. The van der Waals surface area contributed by atoms with Gasteiger partial charge in [0.25, 0.3) is 0 Å². The van der Waals surface area contributed by atoms with Crippen LogP contribution in [0.15, 0.2) is 18.2 Å². The highest BCUT2D eigenvalue weighted by molar-refractivity contribution is 7.71. The maximum atomic E-state index is 5.79. The SMILES string of the molecule is COc1ccc2[nH]c(=S)n(C(C)C3CCCO3)c2c1. The minimum absolute atomic E-state index is 0.232. The Kier molecular flexibility index (Phi) is 3.33. The molecule has 1 N–H and O–H groups in total. The second-order valence-electron chi connectivity index (χ2n) is 4.98. The summed E-state index contributed by atoms with van der Waals surface area (Å²) in [6.07, 6.45) is 2.48. The topological polar surface area (TPSA) is 39.2 Å². The number of hydrogen-bond acceptors (Lipinski definition) is 3. The van der Waals surface area contributed by atoms with Gasteiger partial charge in [0.1, 0.15) is 5.75 Å². The molecule has 0 saturated carbocycles. The number of imidazole rings is 1. The van der Waals surface area contributed by atoms with Crippen molar-refractivity contribution in [1.82, 2.24) is 9.55 Å². The fraction of sp³-hybridized carbons (Fsp3) is 0.500. The van der Waals surface area contributed by atoms with E-state index in [1.54, 1.807) is 7.11 Å². The number of benzene rings is 1. The molecule has 2 unspecified atom stereocenters. The van der Waals surface area contributed by atoms with Crippen LogP contribution in [0.3, 0.4) is 0 Å². The van der Waals surface area contributed by atoms with Crippen LogP contribution < -0.4 is 4.74 Å². The smallest absolute Gasteiger partial charge is 0.178 e. The Labute approximate surface area is 117 Å². The molecule has 2 atom stereocenters. The summed E-state index contributed by atoms with van der Waals surface area (Å²) in [7, 11) is 1.68. The molecule has 0 aliphatic carbocycles. The first kappa shape index (κ1) is 12.7. The van der Waals surface area contributed by atoms with E-state index in [1.165, 1.54) is 0 Å². The lowest BCUT2D eigenvalue weighted by Gasteiger charge is -2.21. The Morgan fingerprint density at radius 3 is 3.05 bits per heavy atom.